The van der Waals surface area contributed by atoms with Crippen molar-refractivity contribution in [1.82, 2.24) is 0 Å². The number of alkyl halides is 2. The molecular formula is C28H30F4O2. The van der Waals surface area contributed by atoms with E-state index in [1.165, 1.54) is 42.7 Å². The largest absolute Gasteiger partial charge is 0.491 e. The standard InChI is InChI=1S/C28H30F4O2/c1-3-5-6-7-20-8-10-21(11-9-20)22-12-15-24(16-13-22)34-28(31,32)19-18-23-14-17-25(33-4-2)27(30)26(23)29/h8-17H,3-7,18-19H2,1-2H3. The lowest BCUT2D eigenvalue weighted by Crippen LogP contribution is -2.25. The zero-order valence-corrected chi connectivity index (χ0v) is 19.6. The lowest BCUT2D eigenvalue weighted by molar-refractivity contribution is -0.180. The highest BCUT2D eigenvalue weighted by atomic mass is 19.3. The molecule has 3 aromatic carbocycles. The molecule has 0 unspecified atom stereocenters. The zero-order chi connectivity index (χ0) is 24.6. The molecule has 0 aromatic heterocycles. The summed E-state index contributed by atoms with van der Waals surface area (Å²) in [6.07, 6.45) is -0.117. The molecule has 0 fully saturated rings. The monoisotopic (exact) mass is 474 g/mol. The van der Waals surface area contributed by atoms with Crippen molar-refractivity contribution in [2.75, 3.05) is 6.61 Å². The third kappa shape index (κ3) is 6.99. The molecule has 0 spiro atoms. The van der Waals surface area contributed by atoms with Crippen molar-refractivity contribution in [1.29, 1.82) is 0 Å². The summed E-state index contributed by atoms with van der Waals surface area (Å²) >= 11 is 0. The van der Waals surface area contributed by atoms with Crippen LogP contribution in [0, 0.1) is 11.6 Å². The van der Waals surface area contributed by atoms with Crippen LogP contribution in [0.3, 0.4) is 0 Å². The number of rotatable bonds is 12. The van der Waals surface area contributed by atoms with E-state index in [0.717, 1.165) is 24.0 Å². The van der Waals surface area contributed by atoms with Crippen LogP contribution in [-0.4, -0.2) is 12.7 Å². The highest BCUT2D eigenvalue weighted by molar-refractivity contribution is 5.64. The maximum absolute atomic E-state index is 14.4. The van der Waals surface area contributed by atoms with E-state index < -0.39 is 24.2 Å². The van der Waals surface area contributed by atoms with Gasteiger partial charge in [-0.1, -0.05) is 62.2 Å². The van der Waals surface area contributed by atoms with E-state index in [0.29, 0.717) is 0 Å². The summed E-state index contributed by atoms with van der Waals surface area (Å²) in [7, 11) is 0. The van der Waals surface area contributed by atoms with Gasteiger partial charge in [-0.05, 0) is 66.6 Å². The number of halogens is 4. The summed E-state index contributed by atoms with van der Waals surface area (Å²) in [6.45, 7) is 3.99. The molecule has 0 aliphatic heterocycles. The molecular weight excluding hydrogens is 444 g/mol. The van der Waals surface area contributed by atoms with Crippen LogP contribution in [0.5, 0.6) is 11.5 Å². The van der Waals surface area contributed by atoms with Crippen LogP contribution in [0.25, 0.3) is 11.1 Å². The van der Waals surface area contributed by atoms with E-state index in [-0.39, 0.29) is 30.1 Å². The summed E-state index contributed by atoms with van der Waals surface area (Å²) in [5, 5.41) is 0. The molecule has 0 atom stereocenters. The SMILES string of the molecule is CCCCCc1ccc(-c2ccc(OC(F)(F)CCc3ccc(OCC)c(F)c3F)cc2)cc1. The summed E-state index contributed by atoms with van der Waals surface area (Å²) in [4.78, 5) is 0. The maximum atomic E-state index is 14.4. The van der Waals surface area contributed by atoms with Gasteiger partial charge in [-0.25, -0.2) is 4.39 Å². The second-order valence-electron chi connectivity index (χ2n) is 8.20. The molecule has 0 bridgehead atoms. The fourth-order valence-corrected chi connectivity index (χ4v) is 3.69. The number of hydrogen-bond donors (Lipinski definition) is 0. The lowest BCUT2D eigenvalue weighted by atomic mass is 10.0. The van der Waals surface area contributed by atoms with Gasteiger partial charge in [0.1, 0.15) is 5.75 Å². The number of ether oxygens (including phenoxy) is 2. The maximum Gasteiger partial charge on any atom is 0.398 e. The second kappa shape index (κ2) is 11.9. The Labute approximate surface area is 198 Å². The van der Waals surface area contributed by atoms with Gasteiger partial charge >= 0.3 is 6.11 Å². The van der Waals surface area contributed by atoms with Crippen LogP contribution in [0.1, 0.15) is 50.7 Å². The molecule has 182 valence electrons. The molecule has 0 N–H and O–H groups in total. The molecule has 2 nitrogen and oxygen atoms in total. The summed E-state index contributed by atoms with van der Waals surface area (Å²) in [5.74, 6) is -2.59. The predicted molar refractivity (Wildman–Crippen MR) is 127 cm³/mol. The van der Waals surface area contributed by atoms with Crippen molar-refractivity contribution in [3.63, 3.8) is 0 Å². The number of unbranched alkanes of at least 4 members (excludes halogenated alkanes) is 2. The smallest absolute Gasteiger partial charge is 0.398 e. The van der Waals surface area contributed by atoms with E-state index in [1.54, 1.807) is 19.1 Å². The van der Waals surface area contributed by atoms with Crippen LogP contribution in [0.4, 0.5) is 17.6 Å². The predicted octanol–water partition coefficient (Wildman–Crippen LogP) is 8.37. The van der Waals surface area contributed by atoms with Gasteiger partial charge in [0, 0.05) is 0 Å². The van der Waals surface area contributed by atoms with Gasteiger partial charge in [-0.15, -0.1) is 0 Å². The van der Waals surface area contributed by atoms with Gasteiger partial charge in [-0.2, -0.15) is 13.2 Å². The summed E-state index contributed by atoms with van der Waals surface area (Å²) in [5.41, 5.74) is 3.01. The van der Waals surface area contributed by atoms with Crippen molar-refractivity contribution in [2.45, 2.75) is 58.5 Å². The molecule has 3 rings (SSSR count). The van der Waals surface area contributed by atoms with Gasteiger partial charge in [0.05, 0.1) is 13.0 Å². The average Bonchev–Trinajstić information content (AvgIpc) is 2.83. The van der Waals surface area contributed by atoms with Crippen LogP contribution >= 0.6 is 0 Å². The van der Waals surface area contributed by atoms with Crippen molar-refractivity contribution >= 4 is 0 Å². The minimum absolute atomic E-state index is 0.00304. The first kappa shape index (κ1) is 25.6. The lowest BCUT2D eigenvalue weighted by Gasteiger charge is -2.18. The van der Waals surface area contributed by atoms with Crippen LogP contribution < -0.4 is 9.47 Å². The van der Waals surface area contributed by atoms with Gasteiger partial charge in [0.25, 0.3) is 0 Å². The Bertz CT molecular complexity index is 1050. The third-order valence-electron chi connectivity index (χ3n) is 5.59. The molecule has 0 saturated heterocycles. The minimum atomic E-state index is -3.54. The molecule has 0 saturated carbocycles. The molecule has 6 heteroatoms. The van der Waals surface area contributed by atoms with Crippen LogP contribution in [0.15, 0.2) is 60.7 Å². The van der Waals surface area contributed by atoms with Gasteiger partial charge in [-0.3, -0.25) is 0 Å². The van der Waals surface area contributed by atoms with E-state index >= 15 is 0 Å². The van der Waals surface area contributed by atoms with E-state index in [1.807, 2.05) is 12.1 Å². The topological polar surface area (TPSA) is 18.5 Å². The second-order valence-corrected chi connectivity index (χ2v) is 8.20. The zero-order valence-electron chi connectivity index (χ0n) is 19.6. The first-order valence-corrected chi connectivity index (χ1v) is 11.7. The fraction of sp³-hybridized carbons (Fsp3) is 0.357. The highest BCUT2D eigenvalue weighted by Crippen LogP contribution is 2.30. The normalized spacial score (nSPS) is 11.5. The van der Waals surface area contributed by atoms with Crippen molar-refractivity contribution in [3.8, 4) is 22.6 Å². The number of hydrogen-bond acceptors (Lipinski definition) is 2. The fourth-order valence-electron chi connectivity index (χ4n) is 3.69. The average molecular weight is 475 g/mol. The Kier molecular flexibility index (Phi) is 8.97. The highest BCUT2D eigenvalue weighted by Gasteiger charge is 2.32. The first-order chi connectivity index (χ1) is 16.3. The molecule has 0 radical (unpaired) electrons. The molecule has 34 heavy (non-hydrogen) atoms. The molecule has 3 aromatic rings. The molecule has 0 heterocycles. The molecule has 0 aliphatic carbocycles. The Morgan fingerprint density at radius 3 is 2.00 bits per heavy atom. The molecule has 0 amide bonds. The summed E-state index contributed by atoms with van der Waals surface area (Å²) < 4.78 is 66.7. The minimum Gasteiger partial charge on any atom is -0.491 e. The van der Waals surface area contributed by atoms with Gasteiger partial charge in [0.2, 0.25) is 5.82 Å². The van der Waals surface area contributed by atoms with Crippen molar-refractivity contribution < 1.29 is 27.0 Å². The van der Waals surface area contributed by atoms with Crippen molar-refractivity contribution in [2.24, 2.45) is 0 Å². The number of benzene rings is 3. The quantitative estimate of drug-likeness (QED) is 0.194. The summed E-state index contributed by atoms with van der Waals surface area (Å²) in [6, 6.07) is 17.1. The van der Waals surface area contributed by atoms with Gasteiger partial charge in [0.15, 0.2) is 11.6 Å². The third-order valence-corrected chi connectivity index (χ3v) is 5.59. The Balaban J connectivity index is 1.58. The van der Waals surface area contributed by atoms with Crippen LogP contribution in [-0.2, 0) is 12.8 Å². The Morgan fingerprint density at radius 2 is 1.38 bits per heavy atom. The van der Waals surface area contributed by atoms with E-state index in [4.69, 9.17) is 9.47 Å². The first-order valence-electron chi connectivity index (χ1n) is 11.7. The number of aryl methyl sites for hydroxylation is 2. The Morgan fingerprint density at radius 1 is 0.735 bits per heavy atom. The van der Waals surface area contributed by atoms with Gasteiger partial charge < -0.3 is 9.47 Å². The Hall–Kier alpha value is -3.02. The van der Waals surface area contributed by atoms with E-state index in [9.17, 15) is 17.6 Å². The van der Waals surface area contributed by atoms with Crippen LogP contribution in [0.2, 0.25) is 0 Å². The van der Waals surface area contributed by atoms with E-state index in [2.05, 4.69) is 19.1 Å². The van der Waals surface area contributed by atoms with Crippen molar-refractivity contribution in [3.05, 3.63) is 83.4 Å². The molecule has 0 aliphatic rings.